The first kappa shape index (κ1) is 19.4. The molecule has 1 aliphatic carbocycles. The van der Waals surface area contributed by atoms with Crippen molar-refractivity contribution in [2.75, 3.05) is 13.2 Å². The van der Waals surface area contributed by atoms with Crippen molar-refractivity contribution in [2.45, 2.75) is 96.2 Å². The number of ether oxygens (including phenoxy) is 2. The summed E-state index contributed by atoms with van der Waals surface area (Å²) in [6.07, 6.45) is 13.4. The molecule has 1 unspecified atom stereocenters. The van der Waals surface area contributed by atoms with Crippen LogP contribution in [-0.4, -0.2) is 36.5 Å². The minimum Gasteiger partial charge on any atom is -0.479 e. The molecule has 130 valence electrons. The topological polar surface area (TPSA) is 55.8 Å². The van der Waals surface area contributed by atoms with Gasteiger partial charge in [0.15, 0.2) is 6.10 Å². The number of unbranched alkanes of at least 4 members (excludes halogenated alkanes) is 5. The lowest BCUT2D eigenvalue weighted by atomic mass is 9.98. The minimum atomic E-state index is -0.841. The summed E-state index contributed by atoms with van der Waals surface area (Å²) < 4.78 is 11.3. The predicted octanol–water partition coefficient (Wildman–Crippen LogP) is 4.56. The fraction of sp³-hybridized carbons (Fsp3) is 0.944. The highest BCUT2D eigenvalue weighted by Gasteiger charge is 2.18. The first-order valence-corrected chi connectivity index (χ1v) is 9.20. The third-order valence-electron chi connectivity index (χ3n) is 4.40. The molecule has 0 bridgehead atoms. The number of hydrogen-bond donors (Lipinski definition) is 1. The lowest BCUT2D eigenvalue weighted by molar-refractivity contribution is -0.152. The summed E-state index contributed by atoms with van der Waals surface area (Å²) in [5.74, 6) is -0.841. The molecule has 22 heavy (non-hydrogen) atoms. The van der Waals surface area contributed by atoms with Gasteiger partial charge >= 0.3 is 5.97 Å². The van der Waals surface area contributed by atoms with Crippen LogP contribution in [0.3, 0.4) is 0 Å². The number of rotatable bonds is 13. The van der Waals surface area contributed by atoms with Gasteiger partial charge in [0.05, 0.1) is 19.3 Å². The largest absolute Gasteiger partial charge is 0.479 e. The van der Waals surface area contributed by atoms with Gasteiger partial charge in [-0.1, -0.05) is 64.7 Å². The van der Waals surface area contributed by atoms with E-state index in [4.69, 9.17) is 9.47 Å². The van der Waals surface area contributed by atoms with Crippen molar-refractivity contribution in [1.82, 2.24) is 0 Å². The van der Waals surface area contributed by atoms with E-state index in [0.29, 0.717) is 25.7 Å². The molecule has 0 heterocycles. The van der Waals surface area contributed by atoms with Gasteiger partial charge in [-0.25, -0.2) is 4.79 Å². The maximum Gasteiger partial charge on any atom is 0.332 e. The number of carbonyl (C=O) groups is 1. The predicted molar refractivity (Wildman–Crippen MR) is 88.2 cm³/mol. The van der Waals surface area contributed by atoms with Crippen LogP contribution in [0.2, 0.25) is 0 Å². The Hall–Kier alpha value is -0.610. The molecule has 1 saturated carbocycles. The zero-order chi connectivity index (χ0) is 16.0. The van der Waals surface area contributed by atoms with E-state index in [9.17, 15) is 9.90 Å². The van der Waals surface area contributed by atoms with E-state index in [0.717, 1.165) is 25.7 Å². The molecule has 0 aromatic carbocycles. The van der Waals surface area contributed by atoms with Crippen LogP contribution in [0.5, 0.6) is 0 Å². The highest BCUT2D eigenvalue weighted by atomic mass is 16.5. The van der Waals surface area contributed by atoms with Gasteiger partial charge in [-0.15, -0.1) is 0 Å². The molecule has 1 fully saturated rings. The fourth-order valence-corrected chi connectivity index (χ4v) is 3.03. The summed E-state index contributed by atoms with van der Waals surface area (Å²) in [4.78, 5) is 11.2. The summed E-state index contributed by atoms with van der Waals surface area (Å²) in [6.45, 7) is 3.11. The Kier molecular flexibility index (Phi) is 11.4. The molecule has 0 aromatic heterocycles. The second-order valence-electron chi connectivity index (χ2n) is 6.38. The van der Waals surface area contributed by atoms with Gasteiger partial charge in [-0.05, 0) is 19.3 Å². The van der Waals surface area contributed by atoms with Crippen LogP contribution in [0.25, 0.3) is 0 Å². The van der Waals surface area contributed by atoms with Gasteiger partial charge in [0, 0.05) is 0 Å². The average Bonchev–Trinajstić information content (AvgIpc) is 2.53. The van der Waals surface area contributed by atoms with Gasteiger partial charge in [0.1, 0.15) is 0 Å². The summed E-state index contributed by atoms with van der Waals surface area (Å²) in [6, 6.07) is 0. The molecule has 0 saturated heterocycles. The Bertz CT molecular complexity index is 274. The Balaban J connectivity index is 2.03. The van der Waals surface area contributed by atoms with Crippen LogP contribution in [0, 0.1) is 0 Å². The summed E-state index contributed by atoms with van der Waals surface area (Å²) in [5.41, 5.74) is 0. The molecule has 1 aliphatic rings. The van der Waals surface area contributed by atoms with Crippen LogP contribution in [0.4, 0.5) is 0 Å². The van der Waals surface area contributed by atoms with Gasteiger partial charge in [-0.2, -0.15) is 0 Å². The zero-order valence-corrected chi connectivity index (χ0v) is 14.2. The Labute approximate surface area is 135 Å². The first-order chi connectivity index (χ1) is 10.7. The maximum atomic E-state index is 11.2. The van der Waals surface area contributed by atoms with Crippen molar-refractivity contribution in [3.05, 3.63) is 0 Å². The Morgan fingerprint density at radius 3 is 2.41 bits per heavy atom. The molecular weight excluding hydrogens is 280 g/mol. The number of hydrogen-bond acceptors (Lipinski definition) is 3. The monoisotopic (exact) mass is 314 g/mol. The molecule has 0 amide bonds. The second kappa shape index (κ2) is 12.9. The molecule has 1 N–H and O–H groups in total. The molecule has 0 aromatic rings. The molecule has 0 aliphatic heterocycles. The quantitative estimate of drug-likeness (QED) is 0.506. The standard InChI is InChI=1S/C18H34O4/c1-2-3-4-5-6-10-13-17(18(19)20)22-15-14-21-16-11-8-7-9-12-16/h16-17H,2-15H2,1H3,(H,19,20). The van der Waals surface area contributed by atoms with E-state index in [1.54, 1.807) is 0 Å². The molecule has 4 nitrogen and oxygen atoms in total. The molecular formula is C18H34O4. The number of carboxylic acid groups (broad SMARTS) is 1. The Morgan fingerprint density at radius 1 is 1.05 bits per heavy atom. The van der Waals surface area contributed by atoms with Crippen molar-refractivity contribution in [3.63, 3.8) is 0 Å². The van der Waals surface area contributed by atoms with Crippen LogP contribution in [-0.2, 0) is 14.3 Å². The third-order valence-corrected chi connectivity index (χ3v) is 4.40. The highest BCUT2D eigenvalue weighted by Crippen LogP contribution is 2.20. The Morgan fingerprint density at radius 2 is 1.73 bits per heavy atom. The molecule has 0 spiro atoms. The number of carboxylic acids is 1. The average molecular weight is 314 g/mol. The van der Waals surface area contributed by atoms with E-state index < -0.39 is 12.1 Å². The van der Waals surface area contributed by atoms with Crippen LogP contribution < -0.4 is 0 Å². The van der Waals surface area contributed by atoms with Crippen LogP contribution >= 0.6 is 0 Å². The van der Waals surface area contributed by atoms with Crippen molar-refractivity contribution in [1.29, 1.82) is 0 Å². The molecule has 0 radical (unpaired) electrons. The van der Waals surface area contributed by atoms with E-state index in [2.05, 4.69) is 6.92 Å². The van der Waals surface area contributed by atoms with E-state index in [-0.39, 0.29) is 0 Å². The van der Waals surface area contributed by atoms with E-state index >= 15 is 0 Å². The molecule has 4 heteroatoms. The van der Waals surface area contributed by atoms with Gasteiger partial charge in [0.2, 0.25) is 0 Å². The van der Waals surface area contributed by atoms with Crippen molar-refractivity contribution in [2.24, 2.45) is 0 Å². The van der Waals surface area contributed by atoms with Crippen molar-refractivity contribution < 1.29 is 19.4 Å². The minimum absolute atomic E-state index is 0.360. The summed E-state index contributed by atoms with van der Waals surface area (Å²) >= 11 is 0. The van der Waals surface area contributed by atoms with Crippen molar-refractivity contribution in [3.8, 4) is 0 Å². The fourth-order valence-electron chi connectivity index (χ4n) is 3.03. The molecule has 1 atom stereocenters. The first-order valence-electron chi connectivity index (χ1n) is 9.20. The lowest BCUT2D eigenvalue weighted by Gasteiger charge is -2.22. The summed E-state index contributed by atoms with van der Waals surface area (Å²) in [7, 11) is 0. The van der Waals surface area contributed by atoms with Crippen molar-refractivity contribution >= 4 is 5.97 Å². The SMILES string of the molecule is CCCCCCCCC(OCCOC1CCCCC1)C(=O)O. The molecule has 1 rings (SSSR count). The van der Waals surface area contributed by atoms with Crippen LogP contribution in [0.15, 0.2) is 0 Å². The zero-order valence-electron chi connectivity index (χ0n) is 14.2. The van der Waals surface area contributed by atoms with Gasteiger partial charge in [0.25, 0.3) is 0 Å². The second-order valence-corrected chi connectivity index (χ2v) is 6.38. The van der Waals surface area contributed by atoms with Crippen LogP contribution in [0.1, 0.15) is 84.0 Å². The van der Waals surface area contributed by atoms with Gasteiger partial charge in [-0.3, -0.25) is 0 Å². The normalized spacial score (nSPS) is 17.5. The van der Waals surface area contributed by atoms with E-state index in [1.807, 2.05) is 0 Å². The lowest BCUT2D eigenvalue weighted by Crippen LogP contribution is -2.27. The van der Waals surface area contributed by atoms with Gasteiger partial charge < -0.3 is 14.6 Å². The highest BCUT2D eigenvalue weighted by molar-refractivity contribution is 5.72. The smallest absolute Gasteiger partial charge is 0.332 e. The number of aliphatic carboxylic acids is 1. The third kappa shape index (κ3) is 9.42. The summed E-state index contributed by atoms with van der Waals surface area (Å²) in [5, 5.41) is 9.20. The maximum absolute atomic E-state index is 11.2. The van der Waals surface area contributed by atoms with E-state index in [1.165, 1.54) is 44.9 Å².